The summed E-state index contributed by atoms with van der Waals surface area (Å²) in [5.74, 6) is -4.28. The number of hydrogen-bond acceptors (Lipinski definition) is 8. The summed E-state index contributed by atoms with van der Waals surface area (Å²) >= 11 is 5.90. The van der Waals surface area contributed by atoms with Crippen molar-refractivity contribution in [2.75, 3.05) is 18.0 Å². The van der Waals surface area contributed by atoms with Crippen molar-refractivity contribution in [3.8, 4) is 0 Å². The number of carboxylic acid groups (broad SMARTS) is 2. The van der Waals surface area contributed by atoms with Crippen LogP contribution in [-0.2, 0) is 16.1 Å². The molecule has 1 unspecified atom stereocenters. The maximum atomic E-state index is 11.3. The molecule has 2 fully saturated rings. The van der Waals surface area contributed by atoms with Gasteiger partial charge in [-0.05, 0) is 29.5 Å². The minimum Gasteiger partial charge on any atom is -0.475 e. The number of carboxylic acids is 2. The monoisotopic (exact) mass is 587 g/mol. The highest BCUT2D eigenvalue weighted by molar-refractivity contribution is 6.30. The van der Waals surface area contributed by atoms with Gasteiger partial charge in [0.05, 0.1) is 5.56 Å². The molecule has 1 aliphatic carbocycles. The summed E-state index contributed by atoms with van der Waals surface area (Å²) in [6.07, 6.45) is -7.32. The Balaban J connectivity index is 0.000000317. The van der Waals surface area contributed by atoms with Crippen LogP contribution in [0.4, 0.5) is 32.3 Å². The first-order chi connectivity index (χ1) is 18.0. The number of piperidine rings is 1. The van der Waals surface area contributed by atoms with E-state index in [2.05, 4.69) is 20.2 Å². The average molecular weight is 588 g/mol. The lowest BCUT2D eigenvalue weighted by molar-refractivity contribution is -0.193. The summed E-state index contributed by atoms with van der Waals surface area (Å²) in [7, 11) is 0. The molecule has 2 heterocycles. The van der Waals surface area contributed by atoms with E-state index >= 15 is 0 Å². The van der Waals surface area contributed by atoms with Crippen molar-refractivity contribution < 1.29 is 56.1 Å². The zero-order valence-corrected chi connectivity index (χ0v) is 20.1. The minimum absolute atomic E-state index is 0.234. The summed E-state index contributed by atoms with van der Waals surface area (Å²) in [6.45, 7) is 2.67. The van der Waals surface area contributed by atoms with E-state index in [0.29, 0.717) is 23.8 Å². The summed E-state index contributed by atoms with van der Waals surface area (Å²) in [4.78, 5) is 39.7. The first-order valence-corrected chi connectivity index (χ1v) is 11.0. The number of alkyl halides is 6. The number of nitrogens with zero attached hydrogens (tertiary/aromatic N) is 3. The van der Waals surface area contributed by atoms with Crippen LogP contribution in [0.25, 0.3) is 0 Å². The molecule has 4 rings (SSSR count). The van der Waals surface area contributed by atoms with E-state index in [1.807, 2.05) is 24.3 Å². The Morgan fingerprint density at radius 3 is 1.74 bits per heavy atom. The van der Waals surface area contributed by atoms with E-state index in [1.165, 1.54) is 18.0 Å². The number of anilines is 1. The Kier molecular flexibility index (Phi) is 10.4. The molecule has 0 spiro atoms. The normalized spacial score (nSPS) is 19.5. The van der Waals surface area contributed by atoms with Crippen LogP contribution >= 0.6 is 11.6 Å². The summed E-state index contributed by atoms with van der Waals surface area (Å²) in [6, 6.07) is 8.43. The Bertz CT molecular complexity index is 1110. The largest absolute Gasteiger partial charge is 0.490 e. The van der Waals surface area contributed by atoms with Crippen LogP contribution in [-0.4, -0.2) is 74.7 Å². The maximum absolute atomic E-state index is 11.3. The van der Waals surface area contributed by atoms with Gasteiger partial charge in [-0.25, -0.2) is 25.0 Å². The van der Waals surface area contributed by atoms with Crippen molar-refractivity contribution in [2.24, 2.45) is 11.8 Å². The molecule has 3 atom stereocenters. The van der Waals surface area contributed by atoms with Crippen LogP contribution < -0.4 is 15.7 Å². The summed E-state index contributed by atoms with van der Waals surface area (Å²) < 4.78 is 63.5. The van der Waals surface area contributed by atoms with Crippen LogP contribution in [0.3, 0.4) is 0 Å². The lowest BCUT2D eigenvalue weighted by Crippen LogP contribution is -2.32. The van der Waals surface area contributed by atoms with Gasteiger partial charge in [0.2, 0.25) is 5.95 Å². The molecule has 11 nitrogen and oxygen atoms in total. The van der Waals surface area contributed by atoms with Crippen LogP contribution in [0.2, 0.25) is 5.02 Å². The smallest absolute Gasteiger partial charge is 0.475 e. The molecule has 1 saturated carbocycles. The molecule has 1 saturated heterocycles. The number of amides is 1. The van der Waals surface area contributed by atoms with E-state index in [9.17, 15) is 31.1 Å². The number of halogens is 7. The fourth-order valence-electron chi connectivity index (χ4n) is 3.50. The van der Waals surface area contributed by atoms with Gasteiger partial charge in [0.15, 0.2) is 0 Å². The number of nitrogens with one attached hydrogen (secondary N) is 2. The van der Waals surface area contributed by atoms with Gasteiger partial charge < -0.3 is 20.4 Å². The topological polar surface area (TPSA) is 165 Å². The van der Waals surface area contributed by atoms with Crippen molar-refractivity contribution in [1.82, 2.24) is 20.8 Å². The third-order valence-electron chi connectivity index (χ3n) is 5.42. The molecule has 0 radical (unpaired) electrons. The van der Waals surface area contributed by atoms with Gasteiger partial charge in [0.1, 0.15) is 0 Å². The molecule has 1 aromatic carbocycles. The van der Waals surface area contributed by atoms with Crippen LogP contribution in [0.1, 0.15) is 15.9 Å². The molecule has 2 aromatic rings. The third kappa shape index (κ3) is 9.52. The third-order valence-corrected chi connectivity index (χ3v) is 5.67. The molecule has 1 aromatic heterocycles. The van der Waals surface area contributed by atoms with Crippen molar-refractivity contribution >= 4 is 35.4 Å². The van der Waals surface area contributed by atoms with Crippen LogP contribution in [0.15, 0.2) is 36.7 Å². The van der Waals surface area contributed by atoms with Crippen molar-refractivity contribution in [3.05, 3.63) is 52.8 Å². The van der Waals surface area contributed by atoms with Crippen LogP contribution in [0.5, 0.6) is 0 Å². The highest BCUT2D eigenvalue weighted by Crippen LogP contribution is 2.46. The summed E-state index contributed by atoms with van der Waals surface area (Å²) in [5.41, 5.74) is 3.04. The SMILES string of the molecule is O=C(NO)c1cnc(N2C[C@@H]3C(NCc4ccc(Cl)cc4)[C@@H]3C2)nc1.O=C(O)C(F)(F)F.O=C(O)C(F)(F)F. The Morgan fingerprint density at radius 1 is 0.923 bits per heavy atom. The second-order valence-electron chi connectivity index (χ2n) is 8.08. The predicted octanol–water partition coefficient (Wildman–Crippen LogP) is 2.74. The number of carbonyl (C=O) groups excluding carboxylic acids is 1. The fraction of sp³-hybridized carbons (Fsp3) is 0.381. The lowest BCUT2D eigenvalue weighted by atomic mass is 10.2. The number of rotatable bonds is 5. The minimum atomic E-state index is -5.08. The van der Waals surface area contributed by atoms with E-state index in [1.54, 1.807) is 5.48 Å². The maximum Gasteiger partial charge on any atom is 0.490 e. The van der Waals surface area contributed by atoms with E-state index in [0.717, 1.165) is 24.7 Å². The molecular weight excluding hydrogens is 568 g/mol. The molecule has 2 aliphatic rings. The zero-order chi connectivity index (χ0) is 29.5. The van der Waals surface area contributed by atoms with Gasteiger partial charge in [-0.1, -0.05) is 23.7 Å². The lowest BCUT2D eigenvalue weighted by Gasteiger charge is -2.20. The first kappa shape index (κ1) is 31.5. The molecular formula is C21H20ClF6N5O6. The summed E-state index contributed by atoms with van der Waals surface area (Å²) in [5, 5.41) is 27.2. The van der Waals surface area contributed by atoms with Gasteiger partial charge in [0.25, 0.3) is 5.91 Å². The van der Waals surface area contributed by atoms with Crippen LogP contribution in [0, 0.1) is 11.8 Å². The molecule has 214 valence electrons. The molecule has 5 N–H and O–H groups in total. The molecule has 18 heteroatoms. The van der Waals surface area contributed by atoms with Crippen molar-refractivity contribution in [3.63, 3.8) is 0 Å². The van der Waals surface area contributed by atoms with Gasteiger partial charge >= 0.3 is 24.3 Å². The van der Waals surface area contributed by atoms with Gasteiger partial charge in [-0.15, -0.1) is 0 Å². The molecule has 0 bridgehead atoms. The molecule has 1 aliphatic heterocycles. The van der Waals surface area contributed by atoms with E-state index < -0.39 is 30.2 Å². The zero-order valence-electron chi connectivity index (χ0n) is 19.4. The number of aromatic nitrogens is 2. The number of hydrogen-bond donors (Lipinski definition) is 5. The first-order valence-electron chi connectivity index (χ1n) is 10.6. The second kappa shape index (κ2) is 12.9. The quantitative estimate of drug-likeness (QED) is 0.199. The Morgan fingerprint density at radius 2 is 1.36 bits per heavy atom. The molecule has 39 heavy (non-hydrogen) atoms. The molecule has 1 amide bonds. The predicted molar refractivity (Wildman–Crippen MR) is 120 cm³/mol. The number of carbonyl (C=O) groups is 3. The van der Waals surface area contributed by atoms with Crippen molar-refractivity contribution in [1.29, 1.82) is 0 Å². The van der Waals surface area contributed by atoms with Gasteiger partial charge in [-0.2, -0.15) is 26.3 Å². The highest BCUT2D eigenvalue weighted by Gasteiger charge is 2.55. The second-order valence-corrected chi connectivity index (χ2v) is 8.52. The van der Waals surface area contributed by atoms with Gasteiger partial charge in [0, 0.05) is 43.1 Å². The average Bonchev–Trinajstić information content (AvgIpc) is 3.31. The number of fused-ring (bicyclic) bond motifs is 1. The number of aliphatic carboxylic acids is 2. The van der Waals surface area contributed by atoms with Crippen molar-refractivity contribution in [2.45, 2.75) is 24.9 Å². The van der Waals surface area contributed by atoms with E-state index in [-0.39, 0.29) is 5.56 Å². The number of hydroxylamine groups is 1. The standard InChI is InChI=1S/C17H18ClN5O2.2C2HF3O2/c18-12-3-1-10(2-4-12)5-19-15-13-8-23(9-14(13)15)17-20-6-11(7-21-17)16(24)22-25;2*3-2(4,5)1(6)7/h1-4,6-7,13-15,19,25H,5,8-9H2,(H,22,24);2*(H,6,7)/t13-,14+,15?;;. The number of benzene rings is 1. The Labute approximate surface area is 220 Å². The fourth-order valence-corrected chi connectivity index (χ4v) is 3.62. The van der Waals surface area contributed by atoms with E-state index in [4.69, 9.17) is 36.6 Å². The van der Waals surface area contributed by atoms with Gasteiger partial charge in [-0.3, -0.25) is 10.0 Å². The highest BCUT2D eigenvalue weighted by atomic mass is 35.5. The Hall–Kier alpha value is -3.70.